The number of imidazole rings is 1. The van der Waals surface area contributed by atoms with Gasteiger partial charge in [-0.05, 0) is 44.0 Å². The minimum Gasteiger partial charge on any atom is -0.345 e. The number of fused-ring (bicyclic) bond motifs is 1. The van der Waals surface area contributed by atoms with E-state index in [2.05, 4.69) is 26.1 Å². The normalized spacial score (nSPS) is 18.5. The number of aromatic nitrogens is 4. The standard InChI is InChI=1S/C16H17N5/c1-11-8-9-15(20-19-11)21-10-4-7-14(21)16-17-12-5-2-3-6-13(12)18-16/h2-3,5-6,8-9,14H,4,7,10H2,1H3,(H,17,18). The largest absolute Gasteiger partial charge is 0.345 e. The summed E-state index contributed by atoms with van der Waals surface area (Å²) in [6, 6.07) is 12.5. The van der Waals surface area contributed by atoms with Gasteiger partial charge in [0.25, 0.3) is 0 Å². The topological polar surface area (TPSA) is 57.7 Å². The Balaban J connectivity index is 1.71. The summed E-state index contributed by atoms with van der Waals surface area (Å²) in [5.74, 6) is 1.96. The van der Waals surface area contributed by atoms with Crippen molar-refractivity contribution >= 4 is 16.9 Å². The van der Waals surface area contributed by atoms with Crippen molar-refractivity contribution in [2.45, 2.75) is 25.8 Å². The fourth-order valence-electron chi connectivity index (χ4n) is 3.00. The van der Waals surface area contributed by atoms with Gasteiger partial charge < -0.3 is 9.88 Å². The van der Waals surface area contributed by atoms with Gasteiger partial charge in [0.05, 0.1) is 22.8 Å². The lowest BCUT2D eigenvalue weighted by atomic mass is 10.2. The SMILES string of the molecule is Cc1ccc(N2CCCC2c2nc3ccccc3[nH]2)nn1. The number of benzene rings is 1. The van der Waals surface area contributed by atoms with Gasteiger partial charge in [-0.1, -0.05) is 12.1 Å². The highest BCUT2D eigenvalue weighted by atomic mass is 15.3. The molecule has 3 aromatic rings. The fourth-order valence-corrected chi connectivity index (χ4v) is 3.00. The molecule has 0 amide bonds. The van der Waals surface area contributed by atoms with Crippen molar-refractivity contribution in [3.8, 4) is 0 Å². The molecule has 0 saturated carbocycles. The molecule has 0 bridgehead atoms. The van der Waals surface area contributed by atoms with E-state index in [4.69, 9.17) is 4.98 Å². The number of rotatable bonds is 2. The van der Waals surface area contributed by atoms with Gasteiger partial charge in [-0.15, -0.1) is 5.10 Å². The van der Waals surface area contributed by atoms with Crippen LogP contribution in [0.4, 0.5) is 5.82 Å². The van der Waals surface area contributed by atoms with Crippen LogP contribution in [-0.2, 0) is 0 Å². The average molecular weight is 279 g/mol. The van der Waals surface area contributed by atoms with Crippen molar-refractivity contribution in [3.63, 3.8) is 0 Å². The number of hydrogen-bond acceptors (Lipinski definition) is 4. The van der Waals surface area contributed by atoms with Gasteiger partial charge in [0, 0.05) is 6.54 Å². The van der Waals surface area contributed by atoms with Gasteiger partial charge >= 0.3 is 0 Å². The van der Waals surface area contributed by atoms with E-state index >= 15 is 0 Å². The second kappa shape index (κ2) is 4.84. The minimum atomic E-state index is 0.259. The minimum absolute atomic E-state index is 0.259. The molecule has 3 heterocycles. The summed E-state index contributed by atoms with van der Waals surface area (Å²) in [6.07, 6.45) is 2.24. The summed E-state index contributed by atoms with van der Waals surface area (Å²) in [5, 5.41) is 8.50. The highest BCUT2D eigenvalue weighted by Crippen LogP contribution is 2.34. The molecule has 21 heavy (non-hydrogen) atoms. The predicted molar refractivity (Wildman–Crippen MR) is 82.2 cm³/mol. The summed E-state index contributed by atoms with van der Waals surface area (Å²) in [7, 11) is 0. The number of hydrogen-bond donors (Lipinski definition) is 1. The van der Waals surface area contributed by atoms with E-state index in [1.165, 1.54) is 0 Å². The van der Waals surface area contributed by atoms with Crippen LogP contribution in [0, 0.1) is 6.92 Å². The van der Waals surface area contributed by atoms with E-state index in [0.717, 1.165) is 47.8 Å². The lowest BCUT2D eigenvalue weighted by Crippen LogP contribution is -2.24. The molecule has 4 rings (SSSR count). The number of para-hydroxylation sites is 2. The molecule has 0 spiro atoms. The Labute approximate surface area is 123 Å². The third-order valence-electron chi connectivity index (χ3n) is 4.05. The van der Waals surface area contributed by atoms with E-state index in [1.54, 1.807) is 0 Å². The molecule has 1 fully saturated rings. The van der Waals surface area contributed by atoms with Crippen LogP contribution in [0.25, 0.3) is 11.0 Å². The maximum Gasteiger partial charge on any atom is 0.151 e. The van der Waals surface area contributed by atoms with Gasteiger partial charge in [0.15, 0.2) is 5.82 Å². The van der Waals surface area contributed by atoms with E-state index in [9.17, 15) is 0 Å². The molecule has 1 unspecified atom stereocenters. The maximum atomic E-state index is 4.74. The van der Waals surface area contributed by atoms with Crippen molar-refractivity contribution in [1.82, 2.24) is 20.2 Å². The Kier molecular flexibility index (Phi) is 2.84. The molecular formula is C16H17N5. The lowest BCUT2D eigenvalue weighted by molar-refractivity contribution is 0.668. The van der Waals surface area contributed by atoms with Crippen LogP contribution in [0.5, 0.6) is 0 Å². The highest BCUT2D eigenvalue weighted by Gasteiger charge is 2.29. The molecule has 5 heteroatoms. The third-order valence-corrected chi connectivity index (χ3v) is 4.05. The van der Waals surface area contributed by atoms with Crippen LogP contribution in [0.15, 0.2) is 36.4 Å². The van der Waals surface area contributed by atoms with Crippen LogP contribution in [0.2, 0.25) is 0 Å². The van der Waals surface area contributed by atoms with E-state index < -0.39 is 0 Å². The van der Waals surface area contributed by atoms with Crippen LogP contribution in [-0.4, -0.2) is 26.7 Å². The van der Waals surface area contributed by atoms with E-state index in [0.29, 0.717) is 0 Å². The summed E-state index contributed by atoms with van der Waals surface area (Å²) >= 11 is 0. The number of aryl methyl sites for hydroxylation is 1. The summed E-state index contributed by atoms with van der Waals surface area (Å²) in [4.78, 5) is 10.5. The molecule has 5 nitrogen and oxygen atoms in total. The lowest BCUT2D eigenvalue weighted by Gasteiger charge is -2.23. The van der Waals surface area contributed by atoms with Crippen molar-refractivity contribution in [2.75, 3.05) is 11.4 Å². The molecule has 2 aromatic heterocycles. The molecule has 106 valence electrons. The summed E-state index contributed by atoms with van der Waals surface area (Å²) in [5.41, 5.74) is 3.06. The molecular weight excluding hydrogens is 262 g/mol. The smallest absolute Gasteiger partial charge is 0.151 e. The molecule has 1 aliphatic heterocycles. The first-order chi connectivity index (χ1) is 10.3. The number of aromatic amines is 1. The average Bonchev–Trinajstić information content (AvgIpc) is 3.14. The van der Waals surface area contributed by atoms with Gasteiger partial charge in [-0.25, -0.2) is 4.98 Å². The number of nitrogens with one attached hydrogen (secondary N) is 1. The predicted octanol–water partition coefficient (Wildman–Crippen LogP) is 3.00. The monoisotopic (exact) mass is 279 g/mol. The Morgan fingerprint density at radius 2 is 2.05 bits per heavy atom. The zero-order chi connectivity index (χ0) is 14.2. The van der Waals surface area contributed by atoms with Crippen LogP contribution in [0.1, 0.15) is 30.4 Å². The first-order valence-corrected chi connectivity index (χ1v) is 7.33. The van der Waals surface area contributed by atoms with Crippen molar-refractivity contribution < 1.29 is 0 Å². The number of anilines is 1. The maximum absolute atomic E-state index is 4.74. The second-order valence-corrected chi connectivity index (χ2v) is 5.52. The molecule has 1 saturated heterocycles. The van der Waals surface area contributed by atoms with E-state index in [-0.39, 0.29) is 6.04 Å². The molecule has 0 radical (unpaired) electrons. The van der Waals surface area contributed by atoms with Gasteiger partial charge in [-0.3, -0.25) is 0 Å². The molecule has 0 aliphatic carbocycles. The van der Waals surface area contributed by atoms with Gasteiger partial charge in [0.1, 0.15) is 5.82 Å². The Bertz CT molecular complexity index is 729. The number of nitrogens with zero attached hydrogens (tertiary/aromatic N) is 4. The fraction of sp³-hybridized carbons (Fsp3) is 0.312. The molecule has 1 aliphatic rings. The van der Waals surface area contributed by atoms with Gasteiger partial charge in [0.2, 0.25) is 0 Å². The van der Waals surface area contributed by atoms with Gasteiger partial charge in [-0.2, -0.15) is 5.10 Å². The zero-order valence-electron chi connectivity index (χ0n) is 12.0. The first-order valence-electron chi connectivity index (χ1n) is 7.33. The van der Waals surface area contributed by atoms with Crippen LogP contribution in [0.3, 0.4) is 0 Å². The highest BCUT2D eigenvalue weighted by molar-refractivity contribution is 5.75. The van der Waals surface area contributed by atoms with Crippen molar-refractivity contribution in [1.29, 1.82) is 0 Å². The zero-order valence-corrected chi connectivity index (χ0v) is 12.0. The van der Waals surface area contributed by atoms with E-state index in [1.807, 2.05) is 37.3 Å². The van der Waals surface area contributed by atoms with Crippen molar-refractivity contribution in [3.05, 3.63) is 47.9 Å². The summed E-state index contributed by atoms with van der Waals surface area (Å²) < 4.78 is 0. The van der Waals surface area contributed by atoms with Crippen LogP contribution < -0.4 is 4.90 Å². The quantitative estimate of drug-likeness (QED) is 0.783. The van der Waals surface area contributed by atoms with Crippen molar-refractivity contribution in [2.24, 2.45) is 0 Å². The Hall–Kier alpha value is -2.43. The van der Waals surface area contributed by atoms with Crippen LogP contribution >= 0.6 is 0 Å². The summed E-state index contributed by atoms with van der Waals surface area (Å²) in [6.45, 7) is 2.96. The molecule has 1 atom stereocenters. The molecule has 1 N–H and O–H groups in total. The second-order valence-electron chi connectivity index (χ2n) is 5.52. The number of H-pyrrole nitrogens is 1. The molecule has 1 aromatic carbocycles. The Morgan fingerprint density at radius 1 is 1.14 bits per heavy atom. The Morgan fingerprint density at radius 3 is 2.86 bits per heavy atom. The third kappa shape index (κ3) is 2.14. The first kappa shape index (κ1) is 12.3.